The minimum atomic E-state index is -2.83. The topological polar surface area (TPSA) is 124 Å². The molecule has 1 atom stereocenters. The van der Waals surface area contributed by atoms with Gasteiger partial charge < -0.3 is 15.9 Å². The fourth-order valence-electron chi connectivity index (χ4n) is 4.33. The van der Waals surface area contributed by atoms with Crippen molar-refractivity contribution >= 4 is 44.8 Å². The molecule has 0 bridgehead atoms. The summed E-state index contributed by atoms with van der Waals surface area (Å²) in [6.45, 7) is 6.40. The molecule has 5 rings (SSSR count). The van der Waals surface area contributed by atoms with E-state index in [2.05, 4.69) is 20.6 Å². The number of nitrogens with zero attached hydrogens (tertiary/aromatic N) is 4. The predicted octanol–water partition coefficient (Wildman–Crippen LogP) is 4.96. The third kappa shape index (κ3) is 4.62. The molecular weight excluding hydrogens is 514 g/mol. The van der Waals surface area contributed by atoms with Crippen LogP contribution in [0.5, 0.6) is 0 Å². The first-order valence-corrected chi connectivity index (χ1v) is 12.7. The minimum absolute atomic E-state index is 0.000154. The number of hydrogen-bond acceptors (Lipinski definition) is 7. The zero-order chi connectivity index (χ0) is 27.1. The largest absolute Gasteiger partial charge is 0.382 e. The van der Waals surface area contributed by atoms with Crippen LogP contribution in [-0.2, 0) is 16.2 Å². The van der Waals surface area contributed by atoms with E-state index in [4.69, 9.17) is 10.6 Å². The second kappa shape index (κ2) is 9.93. The highest BCUT2D eigenvalue weighted by Crippen LogP contribution is 2.42. The summed E-state index contributed by atoms with van der Waals surface area (Å²) in [6.07, 6.45) is -1.77. The highest BCUT2D eigenvalue weighted by atomic mass is 32.1. The Bertz CT molecular complexity index is 1590. The lowest BCUT2D eigenvalue weighted by molar-refractivity contribution is -0.125. The number of carbonyl (C=O) groups excluding carboxylic acids is 2. The molecule has 3 aromatic heterocycles. The number of thiophene rings is 1. The van der Waals surface area contributed by atoms with Gasteiger partial charge in [-0.15, -0.1) is 11.3 Å². The van der Waals surface area contributed by atoms with E-state index in [1.807, 2.05) is 39.1 Å². The molecule has 12 heteroatoms. The molecule has 0 spiro atoms. The molecule has 2 amide bonds. The number of nitrogens with two attached hydrogens (primary N) is 1. The Morgan fingerprint density at radius 3 is 2.61 bits per heavy atom. The number of benzene rings is 1. The summed E-state index contributed by atoms with van der Waals surface area (Å²) in [5.41, 5.74) is 9.43. The third-order valence-electron chi connectivity index (χ3n) is 6.28. The second-order valence-electron chi connectivity index (χ2n) is 8.92. The maximum atomic E-state index is 13.7. The molecule has 0 radical (unpaired) electrons. The van der Waals surface area contributed by atoms with Crippen molar-refractivity contribution in [1.82, 2.24) is 14.8 Å². The maximum Gasteiger partial charge on any atom is 0.280 e. The summed E-state index contributed by atoms with van der Waals surface area (Å²) in [6, 6.07) is 8.53. The molecule has 0 saturated heterocycles. The summed E-state index contributed by atoms with van der Waals surface area (Å²) in [4.78, 5) is 35.3. The van der Waals surface area contributed by atoms with E-state index in [1.54, 1.807) is 16.8 Å². The van der Waals surface area contributed by atoms with Gasteiger partial charge in [0.15, 0.2) is 0 Å². The number of anilines is 1. The van der Waals surface area contributed by atoms with Crippen molar-refractivity contribution in [3.63, 3.8) is 0 Å². The fourth-order valence-corrected chi connectivity index (χ4v) is 5.34. The molecule has 1 aliphatic heterocycles. The summed E-state index contributed by atoms with van der Waals surface area (Å²) >= 11 is 0.851. The summed E-state index contributed by atoms with van der Waals surface area (Å²) in [7, 11) is 0. The number of primary amides is 1. The average Bonchev–Trinajstić information content (AvgIpc) is 3.61. The number of fused-ring (bicyclic) bond motifs is 1. The van der Waals surface area contributed by atoms with Crippen LogP contribution in [0.15, 0.2) is 41.7 Å². The summed E-state index contributed by atoms with van der Waals surface area (Å²) in [5, 5.41) is 11.6. The van der Waals surface area contributed by atoms with Crippen LogP contribution in [0.1, 0.15) is 52.0 Å². The van der Waals surface area contributed by atoms with E-state index in [0.29, 0.717) is 28.8 Å². The van der Waals surface area contributed by atoms with Crippen LogP contribution in [0.4, 0.5) is 14.5 Å². The molecule has 9 nitrogen and oxygen atoms in total. The first-order chi connectivity index (χ1) is 18.2. The van der Waals surface area contributed by atoms with Crippen LogP contribution in [0.3, 0.4) is 0 Å². The van der Waals surface area contributed by atoms with Gasteiger partial charge in [0, 0.05) is 30.1 Å². The van der Waals surface area contributed by atoms with E-state index in [-0.39, 0.29) is 21.8 Å². The minimum Gasteiger partial charge on any atom is -0.382 e. The average molecular weight is 539 g/mol. The Hall–Kier alpha value is -4.19. The lowest BCUT2D eigenvalue weighted by Crippen LogP contribution is -2.29. The summed E-state index contributed by atoms with van der Waals surface area (Å²) < 4.78 is 29.2. The number of aryl methyl sites for hydroxylation is 3. The van der Waals surface area contributed by atoms with Gasteiger partial charge in [-0.3, -0.25) is 14.3 Å². The molecule has 1 unspecified atom stereocenters. The lowest BCUT2D eigenvalue weighted by atomic mass is 10.00. The van der Waals surface area contributed by atoms with Crippen LogP contribution >= 0.6 is 11.3 Å². The Morgan fingerprint density at radius 1 is 1.24 bits per heavy atom. The first-order valence-electron chi connectivity index (χ1n) is 11.9. The first kappa shape index (κ1) is 25.5. The summed E-state index contributed by atoms with van der Waals surface area (Å²) in [5.74, 6) is -1.37. The van der Waals surface area contributed by atoms with Crippen molar-refractivity contribution < 1.29 is 23.2 Å². The van der Waals surface area contributed by atoms with Crippen LogP contribution < -0.4 is 11.1 Å². The number of halogens is 2. The monoisotopic (exact) mass is 538 g/mol. The Balaban J connectivity index is 1.53. The van der Waals surface area contributed by atoms with Gasteiger partial charge in [0.2, 0.25) is 6.10 Å². The number of alkyl halides is 2. The number of hydrogen-bond donors (Lipinski definition) is 2. The molecule has 4 heterocycles. The van der Waals surface area contributed by atoms with E-state index >= 15 is 0 Å². The Morgan fingerprint density at radius 2 is 1.97 bits per heavy atom. The molecule has 1 aromatic carbocycles. The van der Waals surface area contributed by atoms with Gasteiger partial charge in [-0.1, -0.05) is 35.0 Å². The smallest absolute Gasteiger partial charge is 0.280 e. The molecule has 1 aliphatic rings. The molecule has 0 fully saturated rings. The van der Waals surface area contributed by atoms with Crippen LogP contribution in [0.25, 0.3) is 21.3 Å². The lowest BCUT2D eigenvalue weighted by Gasteiger charge is -2.13. The molecule has 0 aliphatic carbocycles. The van der Waals surface area contributed by atoms with Crippen molar-refractivity contribution in [2.75, 3.05) is 5.32 Å². The third-order valence-corrected chi connectivity index (χ3v) is 7.38. The van der Waals surface area contributed by atoms with Gasteiger partial charge in [-0.05, 0) is 38.0 Å². The van der Waals surface area contributed by atoms with Crippen molar-refractivity contribution in [3.8, 4) is 11.1 Å². The standard InChI is InChI=1S/C26H24F2N6O3S/c1-4-34-11-16(13(3)32-34)17-10-19(37-33-17)25(36)31-21-20-15(14-7-5-12(2)6-8-14)9-18(23(27)28)30-26(20)38-22(21)24(29)35/h5-9,11,19,23H,4,10H2,1-3H3,(H2,29,35)(H,31,36). The van der Waals surface area contributed by atoms with Gasteiger partial charge >= 0.3 is 0 Å². The van der Waals surface area contributed by atoms with Gasteiger partial charge in [-0.25, -0.2) is 13.8 Å². The molecule has 196 valence electrons. The number of aromatic nitrogens is 3. The van der Waals surface area contributed by atoms with Crippen LogP contribution in [0, 0.1) is 13.8 Å². The predicted molar refractivity (Wildman–Crippen MR) is 141 cm³/mol. The van der Waals surface area contributed by atoms with E-state index in [0.717, 1.165) is 28.2 Å². The maximum absolute atomic E-state index is 13.7. The second-order valence-corrected chi connectivity index (χ2v) is 9.92. The fraction of sp³-hybridized carbons (Fsp3) is 0.269. The number of nitrogens with one attached hydrogen (secondary N) is 1. The van der Waals surface area contributed by atoms with Crippen molar-refractivity contribution in [3.05, 3.63) is 63.9 Å². The number of rotatable bonds is 7. The quantitative estimate of drug-likeness (QED) is 0.344. The number of pyridine rings is 1. The number of oxime groups is 1. The highest BCUT2D eigenvalue weighted by molar-refractivity contribution is 7.21. The van der Waals surface area contributed by atoms with Crippen LogP contribution in [-0.4, -0.2) is 38.4 Å². The van der Waals surface area contributed by atoms with E-state index in [9.17, 15) is 18.4 Å². The normalized spacial score (nSPS) is 15.1. The van der Waals surface area contributed by atoms with Crippen molar-refractivity contribution in [2.24, 2.45) is 10.9 Å². The Labute approximate surface area is 220 Å². The van der Waals surface area contributed by atoms with Gasteiger partial charge in [0.1, 0.15) is 15.4 Å². The molecule has 38 heavy (non-hydrogen) atoms. The number of amides is 2. The van der Waals surface area contributed by atoms with E-state index in [1.165, 1.54) is 6.07 Å². The SMILES string of the molecule is CCn1cc(C2=NOC(C(=O)Nc3c(C(N)=O)sc4nc(C(F)F)cc(-c5ccc(C)cc5)c34)C2)c(C)n1. The highest BCUT2D eigenvalue weighted by Gasteiger charge is 2.33. The number of carbonyl (C=O) groups is 2. The zero-order valence-electron chi connectivity index (χ0n) is 20.8. The molecule has 3 N–H and O–H groups in total. The molecule has 0 saturated carbocycles. The zero-order valence-corrected chi connectivity index (χ0v) is 21.6. The van der Waals surface area contributed by atoms with Crippen molar-refractivity contribution in [1.29, 1.82) is 0 Å². The van der Waals surface area contributed by atoms with Crippen LogP contribution in [0.2, 0.25) is 0 Å². The van der Waals surface area contributed by atoms with Crippen molar-refractivity contribution in [2.45, 2.75) is 46.3 Å². The molecular formula is C26H24F2N6O3S. The van der Waals surface area contributed by atoms with Gasteiger partial charge in [0.25, 0.3) is 18.2 Å². The Kier molecular flexibility index (Phi) is 6.66. The van der Waals surface area contributed by atoms with Gasteiger partial charge in [0.05, 0.1) is 17.1 Å². The van der Waals surface area contributed by atoms with Gasteiger partial charge in [-0.2, -0.15) is 5.10 Å². The van der Waals surface area contributed by atoms with E-state index < -0.39 is 30.0 Å². The molecule has 4 aromatic rings.